The number of amides is 2. The van der Waals surface area contributed by atoms with Crippen LogP contribution in [0.25, 0.3) is 0 Å². The number of hydrogen-bond donors (Lipinski definition) is 1. The topological polar surface area (TPSA) is 58.6 Å². The van der Waals surface area contributed by atoms with E-state index in [9.17, 15) is 9.59 Å². The van der Waals surface area contributed by atoms with Crippen LogP contribution in [-0.2, 0) is 13.1 Å². The van der Waals surface area contributed by atoms with Gasteiger partial charge in [0, 0.05) is 29.9 Å². The monoisotopic (exact) mass is 426 g/mol. The minimum absolute atomic E-state index is 0.0382. The molecule has 148 valence electrons. The summed E-state index contributed by atoms with van der Waals surface area (Å²) < 4.78 is 5.86. The maximum Gasteiger partial charge on any atom is 0.265 e. The summed E-state index contributed by atoms with van der Waals surface area (Å²) in [7, 11) is 1.64. The zero-order valence-electron chi connectivity index (χ0n) is 16.0. The third-order valence-electron chi connectivity index (χ3n) is 4.92. The van der Waals surface area contributed by atoms with Gasteiger partial charge in [0.25, 0.3) is 11.8 Å². The van der Waals surface area contributed by atoms with Gasteiger partial charge in [-0.2, -0.15) is 0 Å². The van der Waals surface area contributed by atoms with E-state index < -0.39 is 0 Å². The number of anilines is 1. The van der Waals surface area contributed by atoms with Crippen molar-refractivity contribution in [1.82, 2.24) is 4.90 Å². The molecule has 5 nitrogen and oxygen atoms in total. The molecule has 2 amide bonds. The van der Waals surface area contributed by atoms with Crippen LogP contribution in [0.1, 0.15) is 36.7 Å². The fraction of sp³-hybridized carbons (Fsp3) is 0.182. The van der Waals surface area contributed by atoms with E-state index in [4.69, 9.17) is 16.3 Å². The summed E-state index contributed by atoms with van der Waals surface area (Å²) in [6.45, 7) is 2.92. The van der Waals surface area contributed by atoms with Gasteiger partial charge in [0.15, 0.2) is 0 Å². The lowest BCUT2D eigenvalue weighted by Crippen LogP contribution is -2.23. The molecule has 0 aliphatic carbocycles. The largest absolute Gasteiger partial charge is 0.496 e. The van der Waals surface area contributed by atoms with E-state index in [1.807, 2.05) is 31.2 Å². The normalized spacial score (nSPS) is 12.8. The average molecular weight is 427 g/mol. The summed E-state index contributed by atoms with van der Waals surface area (Å²) in [4.78, 5) is 27.7. The van der Waals surface area contributed by atoms with Crippen molar-refractivity contribution in [2.24, 2.45) is 0 Å². The molecule has 0 fully saturated rings. The third kappa shape index (κ3) is 3.86. The maximum absolute atomic E-state index is 12.9. The number of halogens is 1. The first kappa shape index (κ1) is 19.5. The average Bonchev–Trinajstić information content (AvgIpc) is 3.27. The second kappa shape index (κ2) is 7.89. The SMILES string of the molecule is COc1ccc(CN2Cc3c(NC(=O)c4ccc(Cl)s4)cccc3C2=O)cc1C. The molecule has 1 aliphatic rings. The smallest absolute Gasteiger partial charge is 0.265 e. The highest BCUT2D eigenvalue weighted by atomic mass is 35.5. The molecule has 7 heteroatoms. The van der Waals surface area contributed by atoms with E-state index in [-0.39, 0.29) is 11.8 Å². The van der Waals surface area contributed by atoms with Gasteiger partial charge in [0.2, 0.25) is 0 Å². The second-order valence-corrected chi connectivity index (χ2v) is 8.57. The van der Waals surface area contributed by atoms with Gasteiger partial charge in [0.05, 0.1) is 16.3 Å². The Kier molecular flexibility index (Phi) is 5.30. The molecule has 0 bridgehead atoms. The minimum atomic E-state index is -0.230. The first-order valence-electron chi connectivity index (χ1n) is 9.07. The molecule has 1 N–H and O–H groups in total. The number of thiophene rings is 1. The second-order valence-electron chi connectivity index (χ2n) is 6.85. The van der Waals surface area contributed by atoms with Crippen molar-refractivity contribution >= 4 is 40.4 Å². The predicted molar refractivity (Wildman–Crippen MR) is 115 cm³/mol. The van der Waals surface area contributed by atoms with E-state index >= 15 is 0 Å². The molecule has 0 saturated heterocycles. The first-order chi connectivity index (χ1) is 14.0. The molecule has 1 aromatic heterocycles. The van der Waals surface area contributed by atoms with Crippen LogP contribution < -0.4 is 10.1 Å². The number of nitrogens with one attached hydrogen (secondary N) is 1. The number of ether oxygens (including phenoxy) is 1. The summed E-state index contributed by atoms with van der Waals surface area (Å²) in [5.41, 5.74) is 4.16. The van der Waals surface area contributed by atoms with Crippen molar-refractivity contribution in [3.8, 4) is 5.75 Å². The van der Waals surface area contributed by atoms with Crippen LogP contribution in [0.15, 0.2) is 48.5 Å². The number of methoxy groups -OCH3 is 1. The standard InChI is InChI=1S/C22H19ClN2O3S/c1-13-10-14(6-7-18(13)28-2)11-25-12-16-15(22(25)27)4-3-5-17(16)24-21(26)19-8-9-20(23)29-19/h3-10H,11-12H2,1-2H3,(H,24,26). The van der Waals surface area contributed by atoms with Gasteiger partial charge in [-0.25, -0.2) is 0 Å². The molecular weight excluding hydrogens is 408 g/mol. The Morgan fingerprint density at radius 3 is 2.76 bits per heavy atom. The highest BCUT2D eigenvalue weighted by molar-refractivity contribution is 7.18. The molecule has 0 atom stereocenters. The molecule has 0 saturated carbocycles. The van der Waals surface area contributed by atoms with E-state index in [1.165, 1.54) is 11.3 Å². The van der Waals surface area contributed by atoms with Gasteiger partial charge in [-0.05, 0) is 48.4 Å². The van der Waals surface area contributed by atoms with Crippen molar-refractivity contribution in [2.75, 3.05) is 12.4 Å². The van der Waals surface area contributed by atoms with Crippen LogP contribution >= 0.6 is 22.9 Å². The molecule has 2 aromatic carbocycles. The van der Waals surface area contributed by atoms with Gasteiger partial charge in [-0.15, -0.1) is 11.3 Å². The van der Waals surface area contributed by atoms with Crippen molar-refractivity contribution < 1.29 is 14.3 Å². The Balaban J connectivity index is 1.54. The Morgan fingerprint density at radius 2 is 2.07 bits per heavy atom. The summed E-state index contributed by atoms with van der Waals surface area (Å²) >= 11 is 7.15. The summed E-state index contributed by atoms with van der Waals surface area (Å²) in [5.74, 6) is 0.555. The van der Waals surface area contributed by atoms with Crippen LogP contribution in [0, 0.1) is 6.92 Å². The van der Waals surface area contributed by atoms with Crippen molar-refractivity contribution in [3.05, 3.63) is 80.0 Å². The Labute approximate surface area is 177 Å². The number of rotatable bonds is 5. The van der Waals surface area contributed by atoms with Crippen LogP contribution in [0.4, 0.5) is 5.69 Å². The zero-order valence-corrected chi connectivity index (χ0v) is 17.6. The summed E-state index contributed by atoms with van der Waals surface area (Å²) in [5, 5.41) is 2.92. The van der Waals surface area contributed by atoms with Gasteiger partial charge >= 0.3 is 0 Å². The van der Waals surface area contributed by atoms with Gasteiger partial charge in [0.1, 0.15) is 5.75 Å². The number of carbonyl (C=O) groups is 2. The highest BCUT2D eigenvalue weighted by Crippen LogP contribution is 2.32. The first-order valence-corrected chi connectivity index (χ1v) is 10.3. The molecule has 2 heterocycles. The molecule has 0 spiro atoms. The van der Waals surface area contributed by atoms with Gasteiger partial charge in [-0.3, -0.25) is 9.59 Å². The highest BCUT2D eigenvalue weighted by Gasteiger charge is 2.30. The Morgan fingerprint density at radius 1 is 1.24 bits per heavy atom. The molecule has 0 unspecified atom stereocenters. The number of carbonyl (C=O) groups excluding carboxylic acids is 2. The van der Waals surface area contributed by atoms with E-state index in [2.05, 4.69) is 5.32 Å². The molecule has 1 aliphatic heterocycles. The lowest BCUT2D eigenvalue weighted by atomic mass is 10.1. The fourth-order valence-corrected chi connectivity index (χ4v) is 4.45. The summed E-state index contributed by atoms with van der Waals surface area (Å²) in [6, 6.07) is 14.7. The van der Waals surface area contributed by atoms with Crippen LogP contribution in [0.2, 0.25) is 4.34 Å². The zero-order chi connectivity index (χ0) is 20.5. The molecule has 0 radical (unpaired) electrons. The van der Waals surface area contributed by atoms with Crippen LogP contribution in [0.5, 0.6) is 5.75 Å². The quantitative estimate of drug-likeness (QED) is 0.615. The van der Waals surface area contributed by atoms with Crippen molar-refractivity contribution in [2.45, 2.75) is 20.0 Å². The maximum atomic E-state index is 12.9. The Hall–Kier alpha value is -2.83. The predicted octanol–water partition coefficient (Wildman–Crippen LogP) is 5.13. The van der Waals surface area contributed by atoms with Crippen LogP contribution in [-0.4, -0.2) is 23.8 Å². The van der Waals surface area contributed by atoms with Crippen LogP contribution in [0.3, 0.4) is 0 Å². The Bertz CT molecular complexity index is 1110. The van der Waals surface area contributed by atoms with Crippen molar-refractivity contribution in [3.63, 3.8) is 0 Å². The molecular formula is C22H19ClN2O3S. The van der Waals surface area contributed by atoms with Gasteiger partial charge < -0.3 is 15.0 Å². The van der Waals surface area contributed by atoms with Crippen molar-refractivity contribution in [1.29, 1.82) is 0 Å². The number of aryl methyl sites for hydroxylation is 1. The summed E-state index contributed by atoms with van der Waals surface area (Å²) in [6.07, 6.45) is 0. The van der Waals surface area contributed by atoms with E-state index in [0.29, 0.717) is 33.6 Å². The number of hydrogen-bond acceptors (Lipinski definition) is 4. The molecule has 3 aromatic rings. The fourth-order valence-electron chi connectivity index (χ4n) is 3.51. The number of nitrogens with zero attached hydrogens (tertiary/aromatic N) is 1. The van der Waals surface area contributed by atoms with E-state index in [0.717, 1.165) is 22.4 Å². The third-order valence-corrected chi connectivity index (χ3v) is 6.15. The molecule has 29 heavy (non-hydrogen) atoms. The number of fused-ring (bicyclic) bond motifs is 1. The molecule has 4 rings (SSSR count). The van der Waals surface area contributed by atoms with Gasteiger partial charge in [-0.1, -0.05) is 29.8 Å². The van der Waals surface area contributed by atoms with E-state index in [1.54, 1.807) is 36.3 Å². The lowest BCUT2D eigenvalue weighted by molar-refractivity contribution is 0.0766. The minimum Gasteiger partial charge on any atom is -0.496 e. The lowest BCUT2D eigenvalue weighted by Gasteiger charge is -2.17. The number of benzene rings is 2.